The summed E-state index contributed by atoms with van der Waals surface area (Å²) in [6.07, 6.45) is 2.64. The van der Waals surface area contributed by atoms with Gasteiger partial charge in [-0.3, -0.25) is 4.79 Å². The first-order valence-corrected chi connectivity index (χ1v) is 8.11. The molecule has 1 rings (SSSR count). The molecule has 20 heavy (non-hydrogen) atoms. The maximum atomic E-state index is 11.9. The van der Waals surface area contributed by atoms with Crippen LogP contribution in [-0.2, 0) is 4.79 Å². The van der Waals surface area contributed by atoms with Gasteiger partial charge in [0.25, 0.3) is 0 Å². The second-order valence-electron chi connectivity index (χ2n) is 4.26. The second kappa shape index (κ2) is 9.74. The number of carbonyl (C=O) groups is 1. The molecule has 0 bridgehead atoms. The summed E-state index contributed by atoms with van der Waals surface area (Å²) in [5, 5.41) is 3.80. The Balaban J connectivity index is 0.00000361. The minimum Gasteiger partial charge on any atom is -0.348 e. The predicted molar refractivity (Wildman–Crippen MR) is 91.2 cm³/mol. The van der Waals surface area contributed by atoms with Gasteiger partial charge in [0, 0.05) is 0 Å². The fourth-order valence-corrected chi connectivity index (χ4v) is 2.59. The van der Waals surface area contributed by atoms with E-state index in [2.05, 4.69) is 5.32 Å². The molecule has 1 aromatic rings. The van der Waals surface area contributed by atoms with Gasteiger partial charge in [0.1, 0.15) is 0 Å². The molecule has 1 amide bonds. The van der Waals surface area contributed by atoms with Gasteiger partial charge in [0.2, 0.25) is 5.91 Å². The third kappa shape index (κ3) is 5.70. The van der Waals surface area contributed by atoms with Crippen molar-refractivity contribution in [2.24, 2.45) is 5.73 Å². The summed E-state index contributed by atoms with van der Waals surface area (Å²) < 4.78 is 0. The fraction of sp³-hybridized carbons (Fsp3) is 0.462. The molecule has 0 aliphatic heterocycles. The molecule has 1 unspecified atom stereocenters. The molecule has 1 aromatic carbocycles. The molecule has 0 spiro atoms. The van der Waals surface area contributed by atoms with E-state index in [0.717, 1.165) is 11.3 Å². The molecule has 114 valence electrons. The highest BCUT2D eigenvalue weighted by molar-refractivity contribution is 7.98. The van der Waals surface area contributed by atoms with Crippen molar-refractivity contribution in [3.05, 3.63) is 33.8 Å². The Labute approximate surface area is 140 Å². The van der Waals surface area contributed by atoms with E-state index in [4.69, 9.17) is 28.9 Å². The topological polar surface area (TPSA) is 55.1 Å². The molecule has 0 aromatic heterocycles. The number of nitrogens with one attached hydrogen (secondary N) is 1. The van der Waals surface area contributed by atoms with Gasteiger partial charge >= 0.3 is 0 Å². The molecule has 0 radical (unpaired) electrons. The van der Waals surface area contributed by atoms with Crippen molar-refractivity contribution in [1.82, 2.24) is 5.32 Å². The summed E-state index contributed by atoms with van der Waals surface area (Å²) in [6.45, 7) is 1.86. The Bertz CT molecular complexity index is 446. The molecule has 0 saturated heterocycles. The van der Waals surface area contributed by atoms with Crippen LogP contribution in [0, 0.1) is 0 Å². The van der Waals surface area contributed by atoms with E-state index in [9.17, 15) is 4.79 Å². The van der Waals surface area contributed by atoms with Crippen molar-refractivity contribution >= 4 is 53.3 Å². The monoisotopic (exact) mass is 356 g/mol. The van der Waals surface area contributed by atoms with Crippen molar-refractivity contribution in [2.75, 3.05) is 12.0 Å². The van der Waals surface area contributed by atoms with Crippen molar-refractivity contribution in [3.8, 4) is 0 Å². The van der Waals surface area contributed by atoms with Crippen molar-refractivity contribution < 1.29 is 4.79 Å². The summed E-state index contributed by atoms with van der Waals surface area (Å²) in [5.74, 6) is 0.693. The summed E-state index contributed by atoms with van der Waals surface area (Å²) in [7, 11) is 0. The maximum Gasteiger partial charge on any atom is 0.237 e. The van der Waals surface area contributed by atoms with Crippen LogP contribution in [0.25, 0.3) is 0 Å². The molecule has 7 heteroatoms. The summed E-state index contributed by atoms with van der Waals surface area (Å²) >= 11 is 13.7. The summed E-state index contributed by atoms with van der Waals surface area (Å²) in [5.41, 5.74) is 6.60. The van der Waals surface area contributed by atoms with Crippen LogP contribution in [-0.4, -0.2) is 24.0 Å². The van der Waals surface area contributed by atoms with Crippen LogP contribution >= 0.6 is 47.4 Å². The highest BCUT2D eigenvalue weighted by Crippen LogP contribution is 2.29. The second-order valence-corrected chi connectivity index (χ2v) is 6.03. The van der Waals surface area contributed by atoms with Gasteiger partial charge in [-0.15, -0.1) is 12.4 Å². The highest BCUT2D eigenvalue weighted by Gasteiger charge is 2.18. The Morgan fingerprint density at radius 3 is 2.70 bits per heavy atom. The lowest BCUT2D eigenvalue weighted by molar-refractivity contribution is -0.123. The first kappa shape index (κ1) is 19.9. The van der Waals surface area contributed by atoms with Crippen LogP contribution in [0.4, 0.5) is 0 Å². The third-order valence-corrected chi connectivity index (χ3v) is 4.25. The molecule has 3 nitrogen and oxygen atoms in total. The van der Waals surface area contributed by atoms with Crippen LogP contribution in [0.15, 0.2) is 18.2 Å². The van der Waals surface area contributed by atoms with Crippen molar-refractivity contribution in [3.63, 3.8) is 0 Å². The fourth-order valence-electron chi connectivity index (χ4n) is 1.63. The van der Waals surface area contributed by atoms with Crippen molar-refractivity contribution in [1.29, 1.82) is 0 Å². The number of hydrogen-bond acceptors (Lipinski definition) is 3. The zero-order chi connectivity index (χ0) is 14.4. The number of thioether (sulfide) groups is 1. The van der Waals surface area contributed by atoms with Crippen LogP contribution in [0.3, 0.4) is 0 Å². The lowest BCUT2D eigenvalue weighted by Gasteiger charge is -2.19. The lowest BCUT2D eigenvalue weighted by atomic mass is 10.1. The molecule has 3 N–H and O–H groups in total. The number of benzene rings is 1. The number of carbonyl (C=O) groups excluding carboxylic acids is 1. The number of nitrogens with two attached hydrogens (primary N) is 1. The zero-order valence-electron chi connectivity index (χ0n) is 11.4. The lowest BCUT2D eigenvalue weighted by Crippen LogP contribution is -2.42. The van der Waals surface area contributed by atoms with E-state index >= 15 is 0 Å². The van der Waals surface area contributed by atoms with Gasteiger partial charge in [0.05, 0.1) is 22.1 Å². The molecule has 2 atom stereocenters. The van der Waals surface area contributed by atoms with Gasteiger partial charge in [-0.2, -0.15) is 11.8 Å². The smallest absolute Gasteiger partial charge is 0.237 e. The Kier molecular flexibility index (Phi) is 9.68. The van der Waals surface area contributed by atoms with Gasteiger partial charge in [-0.05, 0) is 37.0 Å². The van der Waals surface area contributed by atoms with Crippen LogP contribution < -0.4 is 11.1 Å². The predicted octanol–water partition coefficient (Wildman–Crippen LogP) is 3.67. The number of rotatable bonds is 6. The molecule has 0 aliphatic carbocycles. The van der Waals surface area contributed by atoms with E-state index in [-0.39, 0.29) is 24.4 Å². The van der Waals surface area contributed by atoms with E-state index in [0.29, 0.717) is 16.5 Å². The summed E-state index contributed by atoms with van der Waals surface area (Å²) in [6, 6.07) is 4.64. The first-order chi connectivity index (χ1) is 8.97. The van der Waals surface area contributed by atoms with E-state index in [1.165, 1.54) is 0 Å². The minimum absolute atomic E-state index is 0. The van der Waals surface area contributed by atoms with Crippen LogP contribution in [0.2, 0.25) is 10.0 Å². The normalized spacial score (nSPS) is 13.2. The Morgan fingerprint density at radius 2 is 2.10 bits per heavy atom. The van der Waals surface area contributed by atoms with E-state index in [1.807, 2.05) is 19.2 Å². The van der Waals surface area contributed by atoms with Crippen LogP contribution in [0.5, 0.6) is 0 Å². The first-order valence-electron chi connectivity index (χ1n) is 5.96. The Hall–Kier alpha value is -0.130. The number of amides is 1. The molecule has 0 heterocycles. The average molecular weight is 358 g/mol. The number of halogens is 3. The quantitative estimate of drug-likeness (QED) is 0.816. The van der Waals surface area contributed by atoms with E-state index < -0.39 is 6.04 Å². The minimum atomic E-state index is -0.493. The van der Waals surface area contributed by atoms with Gasteiger partial charge in [0.15, 0.2) is 0 Å². The zero-order valence-corrected chi connectivity index (χ0v) is 14.5. The van der Waals surface area contributed by atoms with Gasteiger partial charge in [-0.1, -0.05) is 35.3 Å². The SMILES string of the molecule is CSCC[C@H](N)C(=O)NC(C)c1cccc(Cl)c1Cl.Cl. The van der Waals surface area contributed by atoms with Crippen LogP contribution in [0.1, 0.15) is 24.9 Å². The van der Waals surface area contributed by atoms with Crippen molar-refractivity contribution in [2.45, 2.75) is 25.4 Å². The van der Waals surface area contributed by atoms with Gasteiger partial charge < -0.3 is 11.1 Å². The Morgan fingerprint density at radius 1 is 1.45 bits per heavy atom. The molecular formula is C13H19Cl3N2OS. The third-order valence-electron chi connectivity index (χ3n) is 2.78. The molecule has 0 saturated carbocycles. The standard InChI is InChI=1S/C13H18Cl2N2OS.ClH/c1-8(9-4-3-5-10(14)12(9)15)17-13(18)11(16)6-7-19-2;/h3-5,8,11H,6-7,16H2,1-2H3,(H,17,18);1H/t8?,11-;/m0./s1. The summed E-state index contributed by atoms with van der Waals surface area (Å²) in [4.78, 5) is 11.9. The average Bonchev–Trinajstić information content (AvgIpc) is 2.38. The molecule has 0 fully saturated rings. The largest absolute Gasteiger partial charge is 0.348 e. The molecule has 0 aliphatic rings. The highest BCUT2D eigenvalue weighted by atomic mass is 35.5. The molecular weight excluding hydrogens is 339 g/mol. The maximum absolute atomic E-state index is 11.9. The number of hydrogen-bond donors (Lipinski definition) is 2. The van der Waals surface area contributed by atoms with Gasteiger partial charge in [-0.25, -0.2) is 0 Å². The van der Waals surface area contributed by atoms with E-state index in [1.54, 1.807) is 23.9 Å².